The van der Waals surface area contributed by atoms with E-state index in [1.807, 2.05) is 6.07 Å². The lowest BCUT2D eigenvalue weighted by Crippen LogP contribution is -2.03. The minimum atomic E-state index is 0.830. The van der Waals surface area contributed by atoms with E-state index in [0.29, 0.717) is 0 Å². The third-order valence-electron chi connectivity index (χ3n) is 3.33. The Morgan fingerprint density at radius 2 is 2.05 bits per heavy atom. The summed E-state index contributed by atoms with van der Waals surface area (Å²) in [4.78, 5) is 0. The molecule has 2 nitrogen and oxygen atoms in total. The molecule has 0 saturated heterocycles. The van der Waals surface area contributed by atoms with E-state index in [0.717, 1.165) is 34.1 Å². The van der Waals surface area contributed by atoms with Crippen LogP contribution in [0.15, 0.2) is 45.3 Å². The summed E-state index contributed by atoms with van der Waals surface area (Å²) in [6.45, 7) is 1.88. The van der Waals surface area contributed by atoms with Crippen molar-refractivity contribution in [3.05, 3.63) is 56.5 Å². The lowest BCUT2D eigenvalue weighted by molar-refractivity contribution is 1.11. The maximum absolute atomic E-state index is 3.57. The van der Waals surface area contributed by atoms with Crippen molar-refractivity contribution in [1.29, 1.82) is 0 Å². The fourth-order valence-corrected chi connectivity index (χ4v) is 3.57. The second-order valence-corrected chi connectivity index (χ2v) is 6.38. The summed E-state index contributed by atoms with van der Waals surface area (Å²) >= 11 is 7.04. The predicted octanol–water partition coefficient (Wildman–Crippen LogP) is 4.79. The van der Waals surface area contributed by atoms with Crippen molar-refractivity contribution >= 4 is 43.2 Å². The van der Waals surface area contributed by atoms with Crippen LogP contribution in [0.1, 0.15) is 11.1 Å². The molecule has 0 atom stereocenters. The van der Waals surface area contributed by atoms with Gasteiger partial charge in [-0.2, -0.15) is 0 Å². The first-order valence-corrected chi connectivity index (χ1v) is 7.86. The van der Waals surface area contributed by atoms with Crippen molar-refractivity contribution in [2.24, 2.45) is 0 Å². The van der Waals surface area contributed by atoms with Gasteiger partial charge in [-0.25, -0.2) is 0 Å². The van der Waals surface area contributed by atoms with Crippen LogP contribution >= 0.6 is 31.9 Å². The zero-order valence-corrected chi connectivity index (χ0v) is 13.5. The number of rotatable bonds is 3. The molecule has 19 heavy (non-hydrogen) atoms. The van der Waals surface area contributed by atoms with E-state index >= 15 is 0 Å². The van der Waals surface area contributed by atoms with Crippen LogP contribution in [-0.4, -0.2) is 6.54 Å². The number of hydrogen-bond acceptors (Lipinski definition) is 2. The molecule has 0 unspecified atom stereocenters. The number of anilines is 2. The van der Waals surface area contributed by atoms with E-state index in [1.54, 1.807) is 0 Å². The molecule has 1 aliphatic heterocycles. The Hall–Kier alpha value is -1.00. The fourth-order valence-electron chi connectivity index (χ4n) is 2.38. The van der Waals surface area contributed by atoms with Gasteiger partial charge in [0, 0.05) is 33.4 Å². The van der Waals surface area contributed by atoms with Gasteiger partial charge in [0.15, 0.2) is 0 Å². The SMILES string of the molecule is Brc1ccc(NCc2cccc3c2NCC3)c(Br)c1. The van der Waals surface area contributed by atoms with E-state index in [9.17, 15) is 0 Å². The molecule has 0 fully saturated rings. The van der Waals surface area contributed by atoms with Crippen molar-refractivity contribution in [2.75, 3.05) is 17.2 Å². The Kier molecular flexibility index (Phi) is 3.80. The molecule has 0 spiro atoms. The Morgan fingerprint density at radius 3 is 2.89 bits per heavy atom. The molecule has 0 aliphatic carbocycles. The first-order valence-electron chi connectivity index (χ1n) is 6.27. The smallest absolute Gasteiger partial charge is 0.0488 e. The molecule has 98 valence electrons. The summed E-state index contributed by atoms with van der Waals surface area (Å²) < 4.78 is 2.15. The minimum Gasteiger partial charge on any atom is -0.384 e. The van der Waals surface area contributed by atoms with Gasteiger partial charge in [0.1, 0.15) is 0 Å². The first-order chi connectivity index (χ1) is 9.24. The number of para-hydroxylation sites is 1. The monoisotopic (exact) mass is 380 g/mol. The van der Waals surface area contributed by atoms with Gasteiger partial charge in [0.2, 0.25) is 0 Å². The maximum atomic E-state index is 3.57. The molecule has 0 saturated carbocycles. The van der Waals surface area contributed by atoms with Crippen LogP contribution in [0, 0.1) is 0 Å². The molecule has 0 amide bonds. The summed E-state index contributed by atoms with van der Waals surface area (Å²) in [6, 6.07) is 12.7. The van der Waals surface area contributed by atoms with Gasteiger partial charge >= 0.3 is 0 Å². The normalized spacial score (nSPS) is 12.9. The molecule has 0 aromatic heterocycles. The van der Waals surface area contributed by atoms with Crippen LogP contribution in [0.25, 0.3) is 0 Å². The Labute approximate surface area is 129 Å². The van der Waals surface area contributed by atoms with Gasteiger partial charge in [-0.1, -0.05) is 34.1 Å². The summed E-state index contributed by atoms with van der Waals surface area (Å²) in [5.41, 5.74) is 5.17. The second kappa shape index (κ2) is 5.55. The number of fused-ring (bicyclic) bond motifs is 1. The predicted molar refractivity (Wildman–Crippen MR) is 87.8 cm³/mol. The van der Waals surface area contributed by atoms with E-state index < -0.39 is 0 Å². The van der Waals surface area contributed by atoms with Crippen LogP contribution in [-0.2, 0) is 13.0 Å². The molecule has 0 radical (unpaired) electrons. The third kappa shape index (κ3) is 2.79. The first kappa shape index (κ1) is 13.0. The lowest BCUT2D eigenvalue weighted by atomic mass is 10.1. The van der Waals surface area contributed by atoms with Gasteiger partial charge in [-0.15, -0.1) is 0 Å². The molecular weight excluding hydrogens is 368 g/mol. The van der Waals surface area contributed by atoms with E-state index in [-0.39, 0.29) is 0 Å². The molecular formula is C15H14Br2N2. The Balaban J connectivity index is 1.78. The highest BCUT2D eigenvalue weighted by molar-refractivity contribution is 9.11. The topological polar surface area (TPSA) is 24.1 Å². The van der Waals surface area contributed by atoms with E-state index in [1.165, 1.54) is 16.8 Å². The zero-order chi connectivity index (χ0) is 13.2. The molecule has 0 bridgehead atoms. The summed E-state index contributed by atoms with van der Waals surface area (Å²) in [5, 5.41) is 6.95. The maximum Gasteiger partial charge on any atom is 0.0488 e. The van der Waals surface area contributed by atoms with Gasteiger partial charge in [0.25, 0.3) is 0 Å². The molecule has 3 rings (SSSR count). The number of benzene rings is 2. The van der Waals surface area contributed by atoms with Gasteiger partial charge in [-0.05, 0) is 51.7 Å². The van der Waals surface area contributed by atoms with Crippen molar-refractivity contribution in [1.82, 2.24) is 0 Å². The molecule has 1 heterocycles. The average Bonchev–Trinajstić information content (AvgIpc) is 2.86. The summed E-state index contributed by atoms with van der Waals surface area (Å²) in [5.74, 6) is 0. The minimum absolute atomic E-state index is 0.830. The highest BCUT2D eigenvalue weighted by Gasteiger charge is 2.13. The fraction of sp³-hybridized carbons (Fsp3) is 0.200. The molecule has 2 N–H and O–H groups in total. The number of nitrogens with one attached hydrogen (secondary N) is 2. The zero-order valence-electron chi connectivity index (χ0n) is 10.3. The van der Waals surface area contributed by atoms with Crippen LogP contribution in [0.2, 0.25) is 0 Å². The average molecular weight is 382 g/mol. The van der Waals surface area contributed by atoms with Gasteiger partial charge in [-0.3, -0.25) is 0 Å². The Morgan fingerprint density at radius 1 is 1.16 bits per heavy atom. The molecule has 2 aromatic carbocycles. The quantitative estimate of drug-likeness (QED) is 0.798. The van der Waals surface area contributed by atoms with Crippen molar-refractivity contribution in [3.8, 4) is 0 Å². The molecule has 2 aromatic rings. The number of halogens is 2. The van der Waals surface area contributed by atoms with E-state index in [2.05, 4.69) is 72.8 Å². The highest BCUT2D eigenvalue weighted by Crippen LogP contribution is 2.29. The lowest BCUT2D eigenvalue weighted by Gasteiger charge is -2.12. The Bertz CT molecular complexity index is 611. The summed E-state index contributed by atoms with van der Waals surface area (Å²) in [7, 11) is 0. The van der Waals surface area contributed by atoms with E-state index in [4.69, 9.17) is 0 Å². The molecule has 1 aliphatic rings. The van der Waals surface area contributed by atoms with Gasteiger partial charge < -0.3 is 10.6 Å². The largest absolute Gasteiger partial charge is 0.384 e. The van der Waals surface area contributed by atoms with Crippen LogP contribution in [0.5, 0.6) is 0 Å². The standard InChI is InChI=1S/C15H14Br2N2/c16-12-4-5-14(13(17)8-12)19-9-11-3-1-2-10-6-7-18-15(10)11/h1-5,8,18-19H,6-7,9H2. The van der Waals surface area contributed by atoms with Crippen LogP contribution in [0.3, 0.4) is 0 Å². The summed E-state index contributed by atoms with van der Waals surface area (Å²) in [6.07, 6.45) is 1.13. The molecule has 4 heteroatoms. The van der Waals surface area contributed by atoms with Crippen molar-refractivity contribution in [2.45, 2.75) is 13.0 Å². The van der Waals surface area contributed by atoms with Crippen molar-refractivity contribution < 1.29 is 0 Å². The van der Waals surface area contributed by atoms with Crippen LogP contribution < -0.4 is 10.6 Å². The third-order valence-corrected chi connectivity index (χ3v) is 4.48. The van der Waals surface area contributed by atoms with Crippen molar-refractivity contribution in [3.63, 3.8) is 0 Å². The highest BCUT2D eigenvalue weighted by atomic mass is 79.9. The number of hydrogen-bond donors (Lipinski definition) is 2. The van der Waals surface area contributed by atoms with Gasteiger partial charge in [0.05, 0.1) is 0 Å². The van der Waals surface area contributed by atoms with Crippen LogP contribution in [0.4, 0.5) is 11.4 Å². The second-order valence-electron chi connectivity index (χ2n) is 4.61.